The van der Waals surface area contributed by atoms with Crippen LogP contribution in [-0.2, 0) is 9.53 Å². The van der Waals surface area contributed by atoms with E-state index in [0.717, 1.165) is 27.4 Å². The normalized spacial score (nSPS) is 15.9. The number of anilines is 1. The molecule has 5 nitrogen and oxygen atoms in total. The predicted octanol–water partition coefficient (Wildman–Crippen LogP) is 4.07. The number of amides is 1. The van der Waals surface area contributed by atoms with Crippen molar-refractivity contribution < 1.29 is 14.3 Å². The summed E-state index contributed by atoms with van der Waals surface area (Å²) in [4.78, 5) is 25.0. The van der Waals surface area contributed by atoms with Crippen LogP contribution in [0.25, 0.3) is 11.3 Å². The van der Waals surface area contributed by atoms with Crippen LogP contribution in [0, 0.1) is 0 Å². The molecule has 0 aliphatic carbocycles. The Morgan fingerprint density at radius 2 is 1.88 bits per heavy atom. The smallest absolute Gasteiger partial charge is 0.337 e. The first-order chi connectivity index (χ1) is 12.7. The molecule has 26 heavy (non-hydrogen) atoms. The van der Waals surface area contributed by atoms with Crippen LogP contribution in [0.1, 0.15) is 33.1 Å². The number of carbonyl (C=O) groups is 2. The van der Waals surface area contributed by atoms with Crippen molar-refractivity contribution >= 4 is 29.1 Å². The Hall–Kier alpha value is -2.99. The van der Waals surface area contributed by atoms with Crippen molar-refractivity contribution in [3.05, 3.63) is 70.6 Å². The molecule has 0 spiro atoms. The van der Waals surface area contributed by atoms with Crippen molar-refractivity contribution in [2.45, 2.75) is 12.3 Å². The molecule has 130 valence electrons. The summed E-state index contributed by atoms with van der Waals surface area (Å²) >= 11 is 1.41. The molecule has 0 fully saturated rings. The molecule has 0 bridgehead atoms. The molecule has 4 rings (SSSR count). The number of methoxy groups -OCH3 is 1. The van der Waals surface area contributed by atoms with Crippen LogP contribution < -0.4 is 5.32 Å². The fourth-order valence-electron chi connectivity index (χ4n) is 3.16. The molecule has 0 radical (unpaired) electrons. The van der Waals surface area contributed by atoms with E-state index >= 15 is 0 Å². The first-order valence-corrected chi connectivity index (χ1v) is 8.98. The Bertz CT molecular complexity index is 964. The van der Waals surface area contributed by atoms with Gasteiger partial charge in [-0.25, -0.2) is 4.79 Å². The van der Waals surface area contributed by atoms with Crippen molar-refractivity contribution in [1.29, 1.82) is 0 Å². The molecule has 2 aromatic carbocycles. The van der Waals surface area contributed by atoms with Crippen LogP contribution in [-0.4, -0.2) is 23.4 Å². The maximum Gasteiger partial charge on any atom is 0.337 e. The van der Waals surface area contributed by atoms with Crippen LogP contribution >= 0.6 is 11.5 Å². The molecule has 0 unspecified atom stereocenters. The van der Waals surface area contributed by atoms with Crippen molar-refractivity contribution in [2.24, 2.45) is 0 Å². The Balaban J connectivity index is 1.73. The highest BCUT2D eigenvalue weighted by atomic mass is 32.1. The first kappa shape index (κ1) is 16.5. The van der Waals surface area contributed by atoms with Crippen molar-refractivity contribution in [3.63, 3.8) is 0 Å². The van der Waals surface area contributed by atoms with Gasteiger partial charge in [-0.3, -0.25) is 4.79 Å². The number of carbonyl (C=O) groups excluding carboxylic acids is 2. The van der Waals surface area contributed by atoms with Gasteiger partial charge >= 0.3 is 5.97 Å². The van der Waals surface area contributed by atoms with Gasteiger partial charge in [0.2, 0.25) is 5.91 Å². The van der Waals surface area contributed by atoms with E-state index in [-0.39, 0.29) is 17.8 Å². The number of ether oxygens (including phenoxy) is 1. The fraction of sp³-hybridized carbons (Fsp3) is 0.150. The fourth-order valence-corrected chi connectivity index (χ4v) is 4.13. The van der Waals surface area contributed by atoms with Gasteiger partial charge in [0.25, 0.3) is 0 Å². The lowest BCUT2D eigenvalue weighted by Crippen LogP contribution is -2.22. The van der Waals surface area contributed by atoms with Crippen LogP contribution in [0.5, 0.6) is 0 Å². The Labute approximate surface area is 154 Å². The van der Waals surface area contributed by atoms with Crippen LogP contribution in [0.15, 0.2) is 54.6 Å². The van der Waals surface area contributed by atoms with E-state index in [2.05, 4.69) is 9.69 Å². The van der Waals surface area contributed by atoms with E-state index in [1.165, 1.54) is 18.6 Å². The number of fused-ring (bicyclic) bond motifs is 1. The first-order valence-electron chi connectivity index (χ1n) is 8.20. The number of hydrogen-bond donors (Lipinski definition) is 1. The summed E-state index contributed by atoms with van der Waals surface area (Å²) in [5.41, 5.74) is 4.05. The second-order valence-corrected chi connectivity index (χ2v) is 6.86. The number of hydrogen-bond acceptors (Lipinski definition) is 5. The minimum absolute atomic E-state index is 0.0306. The molecule has 0 saturated heterocycles. The topological polar surface area (TPSA) is 68.3 Å². The van der Waals surface area contributed by atoms with Crippen molar-refractivity contribution in [1.82, 2.24) is 4.37 Å². The molecule has 0 saturated carbocycles. The van der Waals surface area contributed by atoms with Gasteiger partial charge in [0.1, 0.15) is 5.69 Å². The van der Waals surface area contributed by atoms with Gasteiger partial charge < -0.3 is 10.1 Å². The molecular formula is C20H16N2O3S. The number of aromatic nitrogens is 1. The van der Waals surface area contributed by atoms with Gasteiger partial charge in [0.15, 0.2) is 0 Å². The summed E-state index contributed by atoms with van der Waals surface area (Å²) in [5.74, 6) is -0.472. The van der Waals surface area contributed by atoms with Gasteiger partial charge in [0.05, 0.1) is 23.2 Å². The van der Waals surface area contributed by atoms with Gasteiger partial charge in [-0.2, -0.15) is 4.37 Å². The summed E-state index contributed by atoms with van der Waals surface area (Å²) in [6, 6.07) is 17.0. The molecule has 6 heteroatoms. The Morgan fingerprint density at radius 1 is 1.15 bits per heavy atom. The van der Waals surface area contributed by atoms with Crippen molar-refractivity contribution in [3.8, 4) is 11.3 Å². The number of nitrogens with zero attached hydrogens (tertiary/aromatic N) is 1. The predicted molar refractivity (Wildman–Crippen MR) is 100 cm³/mol. The molecule has 1 aliphatic heterocycles. The van der Waals surface area contributed by atoms with Crippen LogP contribution in [0.3, 0.4) is 0 Å². The molecule has 3 aromatic rings. The summed E-state index contributed by atoms with van der Waals surface area (Å²) < 4.78 is 9.33. The van der Waals surface area contributed by atoms with Crippen LogP contribution in [0.2, 0.25) is 0 Å². The maximum absolute atomic E-state index is 12.3. The third-order valence-corrected chi connectivity index (χ3v) is 5.43. The zero-order chi connectivity index (χ0) is 18.1. The lowest BCUT2D eigenvalue weighted by molar-refractivity contribution is -0.116. The van der Waals surface area contributed by atoms with Crippen LogP contribution in [0.4, 0.5) is 5.69 Å². The Kier molecular flexibility index (Phi) is 4.26. The van der Waals surface area contributed by atoms with E-state index in [1.54, 1.807) is 12.1 Å². The summed E-state index contributed by atoms with van der Waals surface area (Å²) in [6.45, 7) is 0. The molecule has 2 heterocycles. The highest BCUT2D eigenvalue weighted by molar-refractivity contribution is 7.07. The van der Waals surface area contributed by atoms with Gasteiger partial charge in [0, 0.05) is 17.9 Å². The van der Waals surface area contributed by atoms with E-state index in [1.807, 2.05) is 42.5 Å². The molecule has 1 aliphatic rings. The SMILES string of the molecule is COC(=O)c1ccc([C@@H]2CC(=O)Nc3c(-c4ccccc4)nsc32)cc1. The molecule has 1 N–H and O–H groups in total. The molecule has 1 aromatic heterocycles. The zero-order valence-corrected chi connectivity index (χ0v) is 14.9. The second kappa shape index (κ2) is 6.72. The standard InChI is InChI=1S/C20H16N2O3S/c1-25-20(24)14-9-7-12(8-10-14)15-11-16(23)21-18-17(22-26-19(15)18)13-5-3-2-4-6-13/h2-10,15H,11H2,1H3,(H,21,23)/t15-/m0/s1. The number of esters is 1. The molecular weight excluding hydrogens is 348 g/mol. The highest BCUT2D eigenvalue weighted by Crippen LogP contribution is 2.44. The van der Waals surface area contributed by atoms with Crippen molar-refractivity contribution in [2.75, 3.05) is 12.4 Å². The molecule has 1 atom stereocenters. The lowest BCUT2D eigenvalue weighted by Gasteiger charge is -2.23. The number of benzene rings is 2. The quantitative estimate of drug-likeness (QED) is 0.711. The minimum Gasteiger partial charge on any atom is -0.465 e. The number of rotatable bonds is 3. The monoisotopic (exact) mass is 364 g/mol. The van der Waals surface area contributed by atoms with Gasteiger partial charge in [-0.05, 0) is 29.2 Å². The highest BCUT2D eigenvalue weighted by Gasteiger charge is 2.31. The van der Waals surface area contributed by atoms with E-state index in [0.29, 0.717) is 12.0 Å². The molecule has 1 amide bonds. The third-order valence-electron chi connectivity index (χ3n) is 4.47. The average molecular weight is 364 g/mol. The van der Waals surface area contributed by atoms with Gasteiger partial charge in [-0.15, -0.1) is 0 Å². The third kappa shape index (κ3) is 2.88. The van der Waals surface area contributed by atoms with E-state index < -0.39 is 0 Å². The van der Waals surface area contributed by atoms with Gasteiger partial charge in [-0.1, -0.05) is 42.5 Å². The van der Waals surface area contributed by atoms with E-state index in [9.17, 15) is 9.59 Å². The lowest BCUT2D eigenvalue weighted by atomic mass is 9.89. The maximum atomic E-state index is 12.3. The summed E-state index contributed by atoms with van der Waals surface area (Å²) in [7, 11) is 1.36. The summed E-state index contributed by atoms with van der Waals surface area (Å²) in [5, 5.41) is 2.98. The minimum atomic E-state index is -0.372. The second-order valence-electron chi connectivity index (χ2n) is 6.05. The summed E-state index contributed by atoms with van der Waals surface area (Å²) in [6.07, 6.45) is 0.362. The average Bonchev–Trinajstić information content (AvgIpc) is 3.11. The number of nitrogens with one attached hydrogen (secondary N) is 1. The Morgan fingerprint density at radius 3 is 2.58 bits per heavy atom. The van der Waals surface area contributed by atoms with E-state index in [4.69, 9.17) is 4.74 Å². The largest absolute Gasteiger partial charge is 0.465 e. The zero-order valence-electron chi connectivity index (χ0n) is 14.1.